The molecule has 0 radical (unpaired) electrons. The molecule has 106 valence electrons. The normalized spacial score (nSPS) is 18.4. The molecule has 6 heteroatoms. The van der Waals surface area contributed by atoms with Gasteiger partial charge in [0.05, 0.1) is 17.0 Å². The number of ether oxygens (including phenoxy) is 2. The average molecular weight is 297 g/mol. The van der Waals surface area contributed by atoms with E-state index in [1.807, 2.05) is 0 Å². The number of aliphatic carboxylic acids is 1. The maximum absolute atomic E-state index is 11.1. The lowest BCUT2D eigenvalue weighted by Gasteiger charge is -2.26. The summed E-state index contributed by atoms with van der Waals surface area (Å²) in [6.07, 6.45) is 2.20. The van der Waals surface area contributed by atoms with Crippen molar-refractivity contribution in [2.24, 2.45) is 0 Å². The van der Waals surface area contributed by atoms with Crippen LogP contribution >= 0.6 is 11.6 Å². The molecule has 0 saturated heterocycles. The third-order valence-electron chi connectivity index (χ3n) is 3.83. The van der Waals surface area contributed by atoms with Crippen LogP contribution < -0.4 is 9.47 Å². The van der Waals surface area contributed by atoms with Crippen LogP contribution in [0.25, 0.3) is 0 Å². The van der Waals surface area contributed by atoms with Crippen molar-refractivity contribution in [1.82, 2.24) is 0 Å². The summed E-state index contributed by atoms with van der Waals surface area (Å²) in [7, 11) is 0. The largest absolute Gasteiger partial charge is 0.486 e. The molecule has 20 heavy (non-hydrogen) atoms. The van der Waals surface area contributed by atoms with E-state index in [1.165, 1.54) is 0 Å². The maximum atomic E-state index is 11.1. The molecule has 0 aromatic heterocycles. The molecule has 1 aromatic carbocycles. The van der Waals surface area contributed by atoms with E-state index in [0.29, 0.717) is 31.0 Å². The molecule has 0 atom stereocenters. The number of hydrogen-bond acceptors (Lipinski definition) is 4. The molecule has 0 unspecified atom stereocenters. The topological polar surface area (TPSA) is 72.8 Å². The second-order valence-electron chi connectivity index (χ2n) is 5.14. The smallest absolute Gasteiger partial charge is 0.304 e. The predicted octanol–water partition coefficient (Wildman–Crippen LogP) is 2.43. The Balaban J connectivity index is 2.14. The second kappa shape index (κ2) is 4.66. The molecule has 1 heterocycles. The molecule has 1 aromatic rings. The van der Waals surface area contributed by atoms with E-state index in [-0.39, 0.29) is 17.0 Å². The number of carbonyl (C=O) groups excluding carboxylic acids is 1. The van der Waals surface area contributed by atoms with Gasteiger partial charge in [-0.25, -0.2) is 0 Å². The molecular weight excluding hydrogens is 284 g/mol. The molecule has 2 aliphatic rings. The summed E-state index contributed by atoms with van der Waals surface area (Å²) >= 11 is 6.12. The molecule has 1 fully saturated rings. The van der Waals surface area contributed by atoms with Crippen molar-refractivity contribution in [1.29, 1.82) is 0 Å². The quantitative estimate of drug-likeness (QED) is 0.864. The first-order chi connectivity index (χ1) is 9.57. The van der Waals surface area contributed by atoms with Crippen molar-refractivity contribution in [2.45, 2.75) is 24.7 Å². The van der Waals surface area contributed by atoms with Gasteiger partial charge in [0, 0.05) is 11.0 Å². The highest BCUT2D eigenvalue weighted by molar-refractivity contribution is 6.33. The third kappa shape index (κ3) is 2.02. The standard InChI is InChI=1S/C14H13ClO5/c15-10-5-9(14(1-2-14)6-11(17)18)13-12(8(10)7-16)19-3-4-20-13/h5,7H,1-4,6H2,(H,17,18). The fourth-order valence-electron chi connectivity index (χ4n) is 2.68. The van der Waals surface area contributed by atoms with Gasteiger partial charge in [0.1, 0.15) is 13.2 Å². The molecule has 1 N–H and O–H groups in total. The Bertz CT molecular complexity index is 592. The number of halogens is 1. The summed E-state index contributed by atoms with van der Waals surface area (Å²) < 4.78 is 11.1. The van der Waals surface area contributed by atoms with E-state index in [9.17, 15) is 9.59 Å². The van der Waals surface area contributed by atoms with Crippen LogP contribution in [-0.2, 0) is 10.2 Å². The van der Waals surface area contributed by atoms with Crippen LogP contribution in [0.4, 0.5) is 0 Å². The third-order valence-corrected chi connectivity index (χ3v) is 4.15. The first kappa shape index (κ1) is 13.2. The van der Waals surface area contributed by atoms with Gasteiger partial charge >= 0.3 is 5.97 Å². The number of carboxylic acid groups (broad SMARTS) is 1. The Morgan fingerprint density at radius 2 is 2.00 bits per heavy atom. The maximum Gasteiger partial charge on any atom is 0.304 e. The van der Waals surface area contributed by atoms with Gasteiger partial charge in [0.25, 0.3) is 0 Å². The number of hydrogen-bond donors (Lipinski definition) is 1. The second-order valence-corrected chi connectivity index (χ2v) is 5.55. The van der Waals surface area contributed by atoms with Gasteiger partial charge in [-0.15, -0.1) is 0 Å². The van der Waals surface area contributed by atoms with Gasteiger partial charge in [0.15, 0.2) is 17.8 Å². The SMILES string of the molecule is O=Cc1c(Cl)cc(C2(CC(=O)O)CC2)c2c1OCCO2. The summed E-state index contributed by atoms with van der Waals surface area (Å²) in [4.78, 5) is 22.2. The summed E-state index contributed by atoms with van der Waals surface area (Å²) in [6, 6.07) is 1.65. The summed E-state index contributed by atoms with van der Waals surface area (Å²) in [5.41, 5.74) is 0.559. The van der Waals surface area contributed by atoms with Crippen molar-refractivity contribution in [2.75, 3.05) is 13.2 Å². The summed E-state index contributed by atoms with van der Waals surface area (Å²) in [5, 5.41) is 9.34. The molecule has 1 aliphatic heterocycles. The molecule has 1 aliphatic carbocycles. The Morgan fingerprint density at radius 3 is 2.55 bits per heavy atom. The number of carboxylic acids is 1. The van der Waals surface area contributed by atoms with Gasteiger partial charge in [-0.2, -0.15) is 0 Å². The minimum absolute atomic E-state index is 0.0273. The van der Waals surface area contributed by atoms with Crippen molar-refractivity contribution in [3.8, 4) is 11.5 Å². The minimum atomic E-state index is -0.858. The van der Waals surface area contributed by atoms with E-state index in [0.717, 1.165) is 18.4 Å². The van der Waals surface area contributed by atoms with Crippen LogP contribution in [0.2, 0.25) is 5.02 Å². The molecular formula is C14H13ClO5. The van der Waals surface area contributed by atoms with Gasteiger partial charge in [0.2, 0.25) is 0 Å². The molecule has 0 bridgehead atoms. The van der Waals surface area contributed by atoms with E-state index in [2.05, 4.69) is 0 Å². The zero-order valence-corrected chi connectivity index (χ0v) is 11.4. The van der Waals surface area contributed by atoms with Crippen molar-refractivity contribution >= 4 is 23.9 Å². The van der Waals surface area contributed by atoms with Crippen LogP contribution in [0.5, 0.6) is 11.5 Å². The number of fused-ring (bicyclic) bond motifs is 1. The van der Waals surface area contributed by atoms with E-state index >= 15 is 0 Å². The number of rotatable bonds is 4. The molecule has 3 rings (SSSR count). The van der Waals surface area contributed by atoms with Gasteiger partial charge in [-0.05, 0) is 18.9 Å². The highest BCUT2D eigenvalue weighted by atomic mass is 35.5. The molecule has 0 spiro atoms. The van der Waals surface area contributed by atoms with E-state index in [4.69, 9.17) is 26.2 Å². The van der Waals surface area contributed by atoms with Crippen LogP contribution in [0.3, 0.4) is 0 Å². The van der Waals surface area contributed by atoms with Gasteiger partial charge < -0.3 is 14.6 Å². The first-order valence-electron chi connectivity index (χ1n) is 6.37. The number of aldehydes is 1. The monoisotopic (exact) mass is 296 g/mol. The van der Waals surface area contributed by atoms with Crippen LogP contribution in [0, 0.1) is 0 Å². The Hall–Kier alpha value is -1.75. The highest BCUT2D eigenvalue weighted by Gasteiger charge is 2.49. The number of benzene rings is 1. The summed E-state index contributed by atoms with van der Waals surface area (Å²) in [5.74, 6) is -0.0459. The lowest BCUT2D eigenvalue weighted by atomic mass is 9.90. The predicted molar refractivity (Wildman–Crippen MR) is 71.0 cm³/mol. The van der Waals surface area contributed by atoms with Crippen LogP contribution in [0.15, 0.2) is 6.07 Å². The Labute approximate surface area is 120 Å². The summed E-state index contributed by atoms with van der Waals surface area (Å²) in [6.45, 7) is 0.725. The zero-order chi connectivity index (χ0) is 14.3. The molecule has 5 nitrogen and oxygen atoms in total. The van der Waals surface area contributed by atoms with Gasteiger partial charge in [-0.3, -0.25) is 9.59 Å². The fourth-order valence-corrected chi connectivity index (χ4v) is 2.92. The van der Waals surface area contributed by atoms with Gasteiger partial charge in [-0.1, -0.05) is 11.6 Å². The van der Waals surface area contributed by atoms with E-state index < -0.39 is 11.4 Å². The highest BCUT2D eigenvalue weighted by Crippen LogP contribution is 2.57. The Kier molecular flexibility index (Phi) is 3.09. The molecule has 1 saturated carbocycles. The van der Waals surface area contributed by atoms with E-state index in [1.54, 1.807) is 6.07 Å². The van der Waals surface area contributed by atoms with Crippen molar-refractivity contribution < 1.29 is 24.2 Å². The Morgan fingerprint density at radius 1 is 1.35 bits per heavy atom. The van der Waals surface area contributed by atoms with Crippen LogP contribution in [0.1, 0.15) is 35.2 Å². The zero-order valence-electron chi connectivity index (χ0n) is 10.6. The minimum Gasteiger partial charge on any atom is -0.486 e. The lowest BCUT2D eigenvalue weighted by molar-refractivity contribution is -0.137. The van der Waals surface area contributed by atoms with Crippen molar-refractivity contribution in [3.63, 3.8) is 0 Å². The lowest BCUT2D eigenvalue weighted by Crippen LogP contribution is -2.21. The fraction of sp³-hybridized carbons (Fsp3) is 0.429. The van der Waals surface area contributed by atoms with Crippen LogP contribution in [-0.4, -0.2) is 30.6 Å². The first-order valence-corrected chi connectivity index (χ1v) is 6.75. The number of carbonyl (C=O) groups is 2. The van der Waals surface area contributed by atoms with Crippen molar-refractivity contribution in [3.05, 3.63) is 22.2 Å². The molecule has 0 amide bonds. The average Bonchev–Trinajstić information content (AvgIpc) is 3.17.